The van der Waals surface area contributed by atoms with Crippen LogP contribution in [0.15, 0.2) is 36.9 Å². The van der Waals surface area contributed by atoms with Crippen molar-refractivity contribution in [1.82, 2.24) is 15.0 Å². The Morgan fingerprint density at radius 1 is 1.20 bits per heavy atom. The number of pyridine rings is 1. The number of rotatable bonds is 5. The maximum atomic E-state index is 4.42. The Morgan fingerprint density at radius 3 is 2.70 bits per heavy atom. The summed E-state index contributed by atoms with van der Waals surface area (Å²) in [6, 6.07) is 6.28. The molecule has 0 spiro atoms. The molecule has 1 aliphatic rings. The second-order valence-corrected chi connectivity index (χ2v) is 5.46. The Labute approximate surface area is 119 Å². The molecule has 104 valence electrons. The van der Waals surface area contributed by atoms with Crippen LogP contribution in [0.2, 0.25) is 0 Å². The Kier molecular flexibility index (Phi) is 3.90. The summed E-state index contributed by atoms with van der Waals surface area (Å²) >= 11 is 0. The van der Waals surface area contributed by atoms with E-state index in [9.17, 15) is 0 Å². The zero-order valence-electron chi connectivity index (χ0n) is 11.9. The molecule has 20 heavy (non-hydrogen) atoms. The van der Waals surface area contributed by atoms with Crippen LogP contribution in [0.4, 0.5) is 5.82 Å². The van der Waals surface area contributed by atoms with E-state index < -0.39 is 0 Å². The van der Waals surface area contributed by atoms with Crippen molar-refractivity contribution in [2.24, 2.45) is 0 Å². The summed E-state index contributed by atoms with van der Waals surface area (Å²) < 4.78 is 0. The number of likely N-dealkylation sites (N-methyl/N-ethyl adjacent to an activating group) is 1. The quantitative estimate of drug-likeness (QED) is 0.836. The third-order valence-corrected chi connectivity index (χ3v) is 4.07. The molecule has 4 heteroatoms. The Balaban J connectivity index is 1.63. The van der Waals surface area contributed by atoms with E-state index in [0.29, 0.717) is 5.92 Å². The number of aromatic nitrogens is 3. The van der Waals surface area contributed by atoms with Crippen LogP contribution in [0, 0.1) is 0 Å². The van der Waals surface area contributed by atoms with Gasteiger partial charge in [-0.1, -0.05) is 6.42 Å². The lowest BCUT2D eigenvalue weighted by Gasteiger charge is -2.26. The van der Waals surface area contributed by atoms with E-state index in [1.54, 1.807) is 6.33 Å². The van der Waals surface area contributed by atoms with Gasteiger partial charge in [0.15, 0.2) is 0 Å². The first-order valence-corrected chi connectivity index (χ1v) is 7.25. The Morgan fingerprint density at radius 2 is 2.00 bits per heavy atom. The van der Waals surface area contributed by atoms with Gasteiger partial charge in [0, 0.05) is 43.7 Å². The van der Waals surface area contributed by atoms with Crippen LogP contribution in [0.1, 0.15) is 36.4 Å². The summed E-state index contributed by atoms with van der Waals surface area (Å²) in [5, 5.41) is 0. The van der Waals surface area contributed by atoms with Gasteiger partial charge in [-0.3, -0.25) is 4.98 Å². The second kappa shape index (κ2) is 5.99. The SMILES string of the molecule is CN(CCc1ccncc1)c1cc(C2CCC2)ncn1. The molecule has 0 N–H and O–H groups in total. The first-order chi connectivity index (χ1) is 9.83. The molecule has 1 fully saturated rings. The van der Waals surface area contributed by atoms with Crippen molar-refractivity contribution in [2.75, 3.05) is 18.5 Å². The molecule has 0 aliphatic heterocycles. The molecule has 1 saturated carbocycles. The lowest BCUT2D eigenvalue weighted by atomic mass is 9.83. The van der Waals surface area contributed by atoms with Crippen LogP contribution in [0.3, 0.4) is 0 Å². The summed E-state index contributed by atoms with van der Waals surface area (Å²) in [4.78, 5) is 15.1. The number of hydrogen-bond acceptors (Lipinski definition) is 4. The standard InChI is InChI=1S/C16H20N4/c1-20(10-7-13-5-8-17-9-6-13)16-11-15(18-12-19-16)14-3-2-4-14/h5-6,8-9,11-12,14H,2-4,7,10H2,1H3. The minimum atomic E-state index is 0.658. The van der Waals surface area contributed by atoms with Crippen LogP contribution >= 0.6 is 0 Å². The van der Waals surface area contributed by atoms with E-state index in [0.717, 1.165) is 18.8 Å². The first-order valence-electron chi connectivity index (χ1n) is 7.25. The van der Waals surface area contributed by atoms with E-state index in [1.807, 2.05) is 12.4 Å². The fourth-order valence-corrected chi connectivity index (χ4v) is 2.46. The molecule has 4 nitrogen and oxygen atoms in total. The topological polar surface area (TPSA) is 41.9 Å². The van der Waals surface area contributed by atoms with Gasteiger partial charge in [-0.15, -0.1) is 0 Å². The minimum Gasteiger partial charge on any atom is -0.359 e. The Hall–Kier alpha value is -1.97. The van der Waals surface area contributed by atoms with E-state index in [2.05, 4.69) is 45.1 Å². The van der Waals surface area contributed by atoms with Crippen LogP contribution in [-0.4, -0.2) is 28.5 Å². The molecule has 2 heterocycles. The van der Waals surface area contributed by atoms with E-state index in [4.69, 9.17) is 0 Å². The maximum Gasteiger partial charge on any atom is 0.131 e. The predicted octanol–water partition coefficient (Wildman–Crippen LogP) is 2.82. The van der Waals surface area contributed by atoms with Crippen molar-refractivity contribution in [3.63, 3.8) is 0 Å². The summed E-state index contributed by atoms with van der Waals surface area (Å²) in [5.74, 6) is 1.68. The lowest BCUT2D eigenvalue weighted by molar-refractivity contribution is 0.410. The second-order valence-electron chi connectivity index (χ2n) is 5.46. The molecule has 0 atom stereocenters. The van der Waals surface area contributed by atoms with E-state index >= 15 is 0 Å². The molecule has 2 aromatic rings. The van der Waals surface area contributed by atoms with Crippen LogP contribution < -0.4 is 4.90 Å². The fraction of sp³-hybridized carbons (Fsp3) is 0.438. The van der Waals surface area contributed by atoms with Gasteiger partial charge < -0.3 is 4.90 Å². The van der Waals surface area contributed by atoms with Gasteiger partial charge in [0.25, 0.3) is 0 Å². The van der Waals surface area contributed by atoms with Crippen LogP contribution in [0.5, 0.6) is 0 Å². The van der Waals surface area contributed by atoms with Crippen molar-refractivity contribution in [3.8, 4) is 0 Å². The summed E-state index contributed by atoms with van der Waals surface area (Å²) in [5.41, 5.74) is 2.51. The molecule has 0 radical (unpaired) electrons. The first kappa shape index (κ1) is 13.0. The van der Waals surface area contributed by atoms with Gasteiger partial charge >= 0.3 is 0 Å². The molecule has 3 rings (SSSR count). The third kappa shape index (κ3) is 2.95. The van der Waals surface area contributed by atoms with Crippen molar-refractivity contribution < 1.29 is 0 Å². The average Bonchev–Trinajstić information content (AvgIpc) is 2.44. The van der Waals surface area contributed by atoms with E-state index in [-0.39, 0.29) is 0 Å². The van der Waals surface area contributed by atoms with Gasteiger partial charge in [0.2, 0.25) is 0 Å². The van der Waals surface area contributed by atoms with E-state index in [1.165, 1.54) is 30.5 Å². The molecule has 0 saturated heterocycles. The zero-order chi connectivity index (χ0) is 13.8. The van der Waals surface area contributed by atoms with Gasteiger partial charge in [-0.05, 0) is 37.0 Å². The Bertz CT molecular complexity index is 551. The van der Waals surface area contributed by atoms with Gasteiger partial charge in [-0.25, -0.2) is 9.97 Å². The highest BCUT2D eigenvalue weighted by atomic mass is 15.2. The molecule has 1 aliphatic carbocycles. The molecular weight excluding hydrogens is 248 g/mol. The smallest absolute Gasteiger partial charge is 0.131 e. The summed E-state index contributed by atoms with van der Waals surface area (Å²) in [7, 11) is 2.09. The van der Waals surface area contributed by atoms with Gasteiger partial charge in [0.1, 0.15) is 12.1 Å². The molecular formula is C16H20N4. The van der Waals surface area contributed by atoms with Crippen molar-refractivity contribution in [3.05, 3.63) is 48.2 Å². The van der Waals surface area contributed by atoms with Gasteiger partial charge in [-0.2, -0.15) is 0 Å². The summed E-state index contributed by atoms with van der Waals surface area (Å²) in [6.07, 6.45) is 10.3. The summed E-state index contributed by atoms with van der Waals surface area (Å²) in [6.45, 7) is 0.950. The largest absolute Gasteiger partial charge is 0.359 e. The predicted molar refractivity (Wildman–Crippen MR) is 79.8 cm³/mol. The highest BCUT2D eigenvalue weighted by molar-refractivity contribution is 5.39. The molecule has 0 amide bonds. The zero-order valence-corrected chi connectivity index (χ0v) is 11.9. The van der Waals surface area contributed by atoms with Gasteiger partial charge in [0.05, 0.1) is 0 Å². The molecule has 0 bridgehead atoms. The van der Waals surface area contributed by atoms with Crippen molar-refractivity contribution in [2.45, 2.75) is 31.6 Å². The highest BCUT2D eigenvalue weighted by Crippen LogP contribution is 2.35. The number of anilines is 1. The maximum absolute atomic E-state index is 4.42. The van der Waals surface area contributed by atoms with Crippen LogP contribution in [-0.2, 0) is 6.42 Å². The minimum absolute atomic E-state index is 0.658. The number of nitrogens with zero attached hydrogens (tertiary/aromatic N) is 4. The third-order valence-electron chi connectivity index (χ3n) is 4.07. The average molecular weight is 268 g/mol. The normalized spacial score (nSPS) is 14.8. The monoisotopic (exact) mass is 268 g/mol. The lowest BCUT2D eigenvalue weighted by Crippen LogP contribution is -2.22. The number of hydrogen-bond donors (Lipinski definition) is 0. The van der Waals surface area contributed by atoms with Crippen molar-refractivity contribution in [1.29, 1.82) is 0 Å². The van der Waals surface area contributed by atoms with Crippen LogP contribution in [0.25, 0.3) is 0 Å². The van der Waals surface area contributed by atoms with Crippen molar-refractivity contribution >= 4 is 5.82 Å². The fourth-order valence-electron chi connectivity index (χ4n) is 2.46. The highest BCUT2D eigenvalue weighted by Gasteiger charge is 2.21. The molecule has 2 aromatic heterocycles. The molecule has 0 unspecified atom stereocenters. The molecule has 0 aromatic carbocycles.